The Hall–Kier alpha value is -1.03. The lowest BCUT2D eigenvalue weighted by atomic mass is 10.1. The average Bonchev–Trinajstić information content (AvgIpc) is 2.00. The molecule has 4 heteroatoms. The Morgan fingerprint density at radius 3 is 2.64 bits per heavy atom. The van der Waals surface area contributed by atoms with Gasteiger partial charge in [-0.3, -0.25) is 0 Å². The summed E-state index contributed by atoms with van der Waals surface area (Å²) in [7, 11) is 0. The first-order valence-corrected chi connectivity index (χ1v) is 4.60. The van der Waals surface area contributed by atoms with Gasteiger partial charge in [-0.05, 0) is 20.8 Å². The van der Waals surface area contributed by atoms with Gasteiger partial charge in [0.05, 0.1) is 12.7 Å². The smallest absolute Gasteiger partial charge is 0.407 e. The van der Waals surface area contributed by atoms with Crippen molar-refractivity contribution in [2.24, 2.45) is 0 Å². The monoisotopic (exact) mass is 201 g/mol. The molecule has 0 spiro atoms. The van der Waals surface area contributed by atoms with Crippen LogP contribution in [-0.4, -0.2) is 29.4 Å². The fraction of sp³-hybridized carbons (Fsp3) is 0.700. The quantitative estimate of drug-likeness (QED) is 0.677. The summed E-state index contributed by atoms with van der Waals surface area (Å²) >= 11 is 0. The Morgan fingerprint density at radius 1 is 1.64 bits per heavy atom. The molecule has 2 N–H and O–H groups in total. The van der Waals surface area contributed by atoms with Crippen molar-refractivity contribution in [3.8, 4) is 0 Å². The first kappa shape index (κ1) is 13.0. The number of aliphatic hydroxyl groups is 1. The van der Waals surface area contributed by atoms with Crippen molar-refractivity contribution >= 4 is 6.09 Å². The molecular formula is C10H19NO3. The summed E-state index contributed by atoms with van der Waals surface area (Å²) in [6.45, 7) is 9.20. The molecule has 0 aromatic carbocycles. The van der Waals surface area contributed by atoms with Crippen LogP contribution < -0.4 is 5.32 Å². The number of amides is 1. The number of carbonyl (C=O) groups excluding carboxylic acids is 1. The van der Waals surface area contributed by atoms with Gasteiger partial charge in [-0.1, -0.05) is 6.08 Å². The van der Waals surface area contributed by atoms with E-state index in [1.807, 2.05) is 20.8 Å². The van der Waals surface area contributed by atoms with Gasteiger partial charge >= 0.3 is 6.09 Å². The van der Waals surface area contributed by atoms with Gasteiger partial charge in [0.15, 0.2) is 0 Å². The molecule has 0 aliphatic heterocycles. The van der Waals surface area contributed by atoms with Gasteiger partial charge in [0.1, 0.15) is 0 Å². The van der Waals surface area contributed by atoms with E-state index in [9.17, 15) is 4.79 Å². The highest BCUT2D eigenvalue weighted by atomic mass is 16.5. The zero-order chi connectivity index (χ0) is 11.2. The summed E-state index contributed by atoms with van der Waals surface area (Å²) in [4.78, 5) is 11.1. The topological polar surface area (TPSA) is 58.6 Å². The number of nitrogens with one attached hydrogen (secondary N) is 1. The predicted molar refractivity (Wildman–Crippen MR) is 55.1 cm³/mol. The third kappa shape index (κ3) is 7.61. The van der Waals surface area contributed by atoms with Crippen molar-refractivity contribution in [1.82, 2.24) is 5.32 Å². The number of ether oxygens (including phenoxy) is 1. The maximum atomic E-state index is 11.1. The van der Waals surface area contributed by atoms with Gasteiger partial charge < -0.3 is 15.2 Å². The van der Waals surface area contributed by atoms with E-state index in [-0.39, 0.29) is 12.1 Å². The van der Waals surface area contributed by atoms with Gasteiger partial charge in [0.25, 0.3) is 0 Å². The fourth-order valence-corrected chi connectivity index (χ4v) is 0.732. The number of alkyl carbamates (subject to hydrolysis) is 1. The van der Waals surface area contributed by atoms with E-state index in [1.165, 1.54) is 6.08 Å². The summed E-state index contributed by atoms with van der Waals surface area (Å²) < 4.78 is 4.83. The van der Waals surface area contributed by atoms with Gasteiger partial charge in [0, 0.05) is 12.0 Å². The minimum atomic E-state index is -0.613. The maximum Gasteiger partial charge on any atom is 0.407 e. The molecule has 0 saturated heterocycles. The van der Waals surface area contributed by atoms with Crippen molar-refractivity contribution < 1.29 is 14.6 Å². The molecule has 4 nitrogen and oxygen atoms in total. The van der Waals surface area contributed by atoms with Gasteiger partial charge in [-0.25, -0.2) is 4.79 Å². The van der Waals surface area contributed by atoms with Gasteiger partial charge in [-0.15, -0.1) is 6.58 Å². The van der Waals surface area contributed by atoms with E-state index in [0.717, 1.165) is 0 Å². The Labute approximate surface area is 85.0 Å². The molecule has 1 amide bonds. The Morgan fingerprint density at radius 2 is 2.21 bits per heavy atom. The van der Waals surface area contributed by atoms with Crippen LogP contribution >= 0.6 is 0 Å². The number of aliphatic hydroxyl groups excluding tert-OH is 1. The van der Waals surface area contributed by atoms with Crippen LogP contribution in [0.3, 0.4) is 0 Å². The largest absolute Gasteiger partial charge is 0.449 e. The van der Waals surface area contributed by atoms with Crippen molar-refractivity contribution in [1.29, 1.82) is 0 Å². The first-order valence-electron chi connectivity index (χ1n) is 4.60. The number of hydrogen-bond donors (Lipinski definition) is 2. The zero-order valence-corrected chi connectivity index (χ0v) is 9.04. The molecule has 0 radical (unpaired) electrons. The molecule has 0 aliphatic rings. The van der Waals surface area contributed by atoms with Crippen LogP contribution in [0.15, 0.2) is 12.7 Å². The fourth-order valence-electron chi connectivity index (χ4n) is 0.732. The molecule has 0 aromatic rings. The molecular weight excluding hydrogens is 182 g/mol. The van der Waals surface area contributed by atoms with Crippen molar-refractivity contribution in [3.05, 3.63) is 12.7 Å². The molecule has 82 valence electrons. The molecule has 0 bridgehead atoms. The lowest BCUT2D eigenvalue weighted by Gasteiger charge is -2.20. The Bertz CT molecular complexity index is 196. The normalized spacial score (nSPS) is 13.1. The van der Waals surface area contributed by atoms with Crippen LogP contribution in [0.2, 0.25) is 0 Å². The second kappa shape index (κ2) is 5.65. The number of hydrogen-bond acceptors (Lipinski definition) is 3. The van der Waals surface area contributed by atoms with E-state index in [4.69, 9.17) is 9.84 Å². The summed E-state index contributed by atoms with van der Waals surface area (Å²) in [5.41, 5.74) is -0.297. The van der Waals surface area contributed by atoms with Gasteiger partial charge in [-0.2, -0.15) is 0 Å². The molecule has 14 heavy (non-hydrogen) atoms. The van der Waals surface area contributed by atoms with E-state index < -0.39 is 12.2 Å². The standard InChI is InChI=1S/C10H19NO3/c1-5-8(12)6-7-14-9(13)11-10(2,3)4/h5,8,12H,1,6-7H2,2-4H3,(H,11,13). The summed E-state index contributed by atoms with van der Waals surface area (Å²) in [6, 6.07) is 0. The molecule has 0 heterocycles. The lowest BCUT2D eigenvalue weighted by Crippen LogP contribution is -2.41. The van der Waals surface area contributed by atoms with Crippen LogP contribution in [0.1, 0.15) is 27.2 Å². The molecule has 1 unspecified atom stereocenters. The van der Waals surface area contributed by atoms with Crippen LogP contribution in [-0.2, 0) is 4.74 Å². The number of carbonyl (C=O) groups is 1. The molecule has 0 rings (SSSR count). The zero-order valence-electron chi connectivity index (χ0n) is 9.04. The first-order chi connectivity index (χ1) is 6.35. The molecule has 0 aromatic heterocycles. The highest BCUT2D eigenvalue weighted by molar-refractivity contribution is 5.67. The predicted octanol–water partition coefficient (Wildman–Crippen LogP) is 1.45. The van der Waals surface area contributed by atoms with Gasteiger partial charge in [0.2, 0.25) is 0 Å². The molecule has 1 atom stereocenters. The number of rotatable bonds is 4. The van der Waals surface area contributed by atoms with E-state index >= 15 is 0 Å². The van der Waals surface area contributed by atoms with Crippen LogP contribution in [0.5, 0.6) is 0 Å². The molecule has 0 saturated carbocycles. The minimum Gasteiger partial charge on any atom is -0.449 e. The average molecular weight is 201 g/mol. The van der Waals surface area contributed by atoms with Crippen LogP contribution in [0.25, 0.3) is 0 Å². The molecule has 0 aliphatic carbocycles. The van der Waals surface area contributed by atoms with Crippen LogP contribution in [0, 0.1) is 0 Å². The molecule has 0 fully saturated rings. The van der Waals surface area contributed by atoms with Crippen molar-refractivity contribution in [3.63, 3.8) is 0 Å². The van der Waals surface area contributed by atoms with E-state index in [1.54, 1.807) is 0 Å². The van der Waals surface area contributed by atoms with E-state index in [2.05, 4.69) is 11.9 Å². The summed E-state index contributed by atoms with van der Waals surface area (Å²) in [5.74, 6) is 0. The maximum absolute atomic E-state index is 11.1. The highest BCUT2D eigenvalue weighted by Crippen LogP contribution is 2.00. The highest BCUT2D eigenvalue weighted by Gasteiger charge is 2.14. The van der Waals surface area contributed by atoms with Crippen molar-refractivity contribution in [2.75, 3.05) is 6.61 Å². The third-order valence-corrected chi connectivity index (χ3v) is 1.40. The summed E-state index contributed by atoms with van der Waals surface area (Å²) in [6.07, 6.45) is 0.706. The summed E-state index contributed by atoms with van der Waals surface area (Å²) in [5, 5.41) is 11.7. The Balaban J connectivity index is 3.60. The van der Waals surface area contributed by atoms with Crippen molar-refractivity contribution in [2.45, 2.75) is 38.8 Å². The minimum absolute atomic E-state index is 0.190. The second-order valence-electron chi connectivity index (χ2n) is 4.10. The second-order valence-corrected chi connectivity index (χ2v) is 4.10. The van der Waals surface area contributed by atoms with Crippen LogP contribution in [0.4, 0.5) is 4.79 Å². The van der Waals surface area contributed by atoms with E-state index in [0.29, 0.717) is 6.42 Å². The SMILES string of the molecule is C=CC(O)CCOC(=O)NC(C)(C)C. The lowest BCUT2D eigenvalue weighted by molar-refractivity contribution is 0.116. The Kier molecular flexibility index (Phi) is 5.23. The third-order valence-electron chi connectivity index (χ3n) is 1.40.